The van der Waals surface area contributed by atoms with E-state index in [1.54, 1.807) is 18.5 Å². The van der Waals surface area contributed by atoms with E-state index in [0.29, 0.717) is 10.0 Å². The van der Waals surface area contributed by atoms with Gasteiger partial charge in [0.15, 0.2) is 0 Å². The van der Waals surface area contributed by atoms with Crippen LogP contribution >= 0.6 is 15.9 Å². The van der Waals surface area contributed by atoms with Gasteiger partial charge in [0.2, 0.25) is 0 Å². The largest absolute Gasteiger partial charge is 0.310 e. The second-order valence-electron chi connectivity index (χ2n) is 4.75. The van der Waals surface area contributed by atoms with Crippen molar-refractivity contribution in [3.05, 3.63) is 64.1 Å². The number of halogens is 2. The summed E-state index contributed by atoms with van der Waals surface area (Å²) in [7, 11) is 0. The Kier molecular flexibility index (Phi) is 5.26. The molecule has 0 aliphatic carbocycles. The molecule has 0 aliphatic rings. The number of rotatable bonds is 5. The van der Waals surface area contributed by atoms with Gasteiger partial charge in [-0.05, 0) is 46.2 Å². The van der Waals surface area contributed by atoms with E-state index < -0.39 is 0 Å². The van der Waals surface area contributed by atoms with Crippen molar-refractivity contribution in [3.8, 4) is 0 Å². The summed E-state index contributed by atoms with van der Waals surface area (Å²) >= 11 is 3.26. The molecule has 2 atom stereocenters. The second kappa shape index (κ2) is 6.95. The van der Waals surface area contributed by atoms with Crippen molar-refractivity contribution in [3.63, 3.8) is 0 Å². The Hall–Kier alpha value is -1.26. The number of aromatic nitrogens is 1. The van der Waals surface area contributed by atoms with Crippen molar-refractivity contribution in [2.75, 3.05) is 6.54 Å². The van der Waals surface area contributed by atoms with E-state index in [-0.39, 0.29) is 17.8 Å². The third kappa shape index (κ3) is 3.25. The van der Waals surface area contributed by atoms with Gasteiger partial charge in [0, 0.05) is 29.9 Å². The van der Waals surface area contributed by atoms with Gasteiger partial charge in [-0.15, -0.1) is 0 Å². The highest BCUT2D eigenvalue weighted by molar-refractivity contribution is 9.10. The summed E-state index contributed by atoms with van der Waals surface area (Å²) < 4.78 is 14.9. The van der Waals surface area contributed by atoms with Gasteiger partial charge >= 0.3 is 0 Å². The quantitative estimate of drug-likeness (QED) is 0.873. The molecule has 2 aromatic rings. The molecule has 1 aromatic heterocycles. The summed E-state index contributed by atoms with van der Waals surface area (Å²) in [6.07, 6.45) is 3.54. The molecule has 0 spiro atoms. The smallest absolute Gasteiger partial charge is 0.142 e. The summed E-state index contributed by atoms with van der Waals surface area (Å²) in [5, 5.41) is 3.38. The Morgan fingerprint density at radius 2 is 1.95 bits per heavy atom. The molecule has 0 bridgehead atoms. The van der Waals surface area contributed by atoms with E-state index in [1.165, 1.54) is 0 Å². The lowest BCUT2D eigenvalue weighted by Crippen LogP contribution is -2.26. The van der Waals surface area contributed by atoms with Gasteiger partial charge in [-0.3, -0.25) is 4.98 Å². The molecule has 2 nitrogen and oxygen atoms in total. The molecule has 0 saturated carbocycles. The number of nitrogens with zero attached hydrogens (tertiary/aromatic N) is 1. The van der Waals surface area contributed by atoms with Gasteiger partial charge in [0.25, 0.3) is 0 Å². The van der Waals surface area contributed by atoms with Crippen molar-refractivity contribution in [2.45, 2.75) is 25.8 Å². The van der Waals surface area contributed by atoms with Crippen LogP contribution in [0.2, 0.25) is 0 Å². The van der Waals surface area contributed by atoms with Gasteiger partial charge in [-0.1, -0.05) is 26.0 Å². The molecule has 1 heterocycles. The normalized spacial score (nSPS) is 14.0. The molecule has 106 valence electrons. The zero-order chi connectivity index (χ0) is 14.5. The maximum atomic E-state index is 14.4. The fourth-order valence-electron chi connectivity index (χ4n) is 2.40. The van der Waals surface area contributed by atoms with Crippen LogP contribution in [0.15, 0.2) is 47.2 Å². The average Bonchev–Trinajstić information content (AvgIpc) is 2.48. The van der Waals surface area contributed by atoms with Gasteiger partial charge in [-0.25, -0.2) is 4.39 Å². The van der Waals surface area contributed by atoms with Crippen molar-refractivity contribution in [1.29, 1.82) is 0 Å². The molecule has 4 heteroatoms. The minimum atomic E-state index is -0.195. The molecule has 0 radical (unpaired) electrons. The number of nitrogens with one attached hydrogen (secondary N) is 1. The van der Waals surface area contributed by atoms with Crippen LogP contribution in [0.5, 0.6) is 0 Å². The van der Waals surface area contributed by atoms with E-state index in [1.807, 2.05) is 31.2 Å². The average molecular weight is 337 g/mol. The number of benzene rings is 1. The predicted molar refractivity (Wildman–Crippen MR) is 83.2 cm³/mol. The van der Waals surface area contributed by atoms with E-state index in [0.717, 1.165) is 12.1 Å². The van der Waals surface area contributed by atoms with Crippen LogP contribution in [-0.4, -0.2) is 11.5 Å². The lowest BCUT2D eigenvalue weighted by Gasteiger charge is -2.26. The summed E-state index contributed by atoms with van der Waals surface area (Å²) in [4.78, 5) is 4.04. The maximum Gasteiger partial charge on any atom is 0.142 e. The fraction of sp³-hybridized carbons (Fsp3) is 0.312. The first-order chi connectivity index (χ1) is 9.65. The van der Waals surface area contributed by atoms with Crippen LogP contribution in [0.4, 0.5) is 4.39 Å². The summed E-state index contributed by atoms with van der Waals surface area (Å²) in [6.45, 7) is 4.91. The van der Waals surface area contributed by atoms with Crippen LogP contribution in [0.1, 0.15) is 36.9 Å². The Morgan fingerprint density at radius 1 is 1.25 bits per heavy atom. The Morgan fingerprint density at radius 3 is 2.60 bits per heavy atom. The highest BCUT2D eigenvalue weighted by Crippen LogP contribution is 2.33. The summed E-state index contributed by atoms with van der Waals surface area (Å²) in [5.74, 6) is -0.0406. The molecule has 1 N–H and O–H groups in total. The van der Waals surface area contributed by atoms with Crippen LogP contribution in [0.25, 0.3) is 0 Å². The topological polar surface area (TPSA) is 24.9 Å². The van der Waals surface area contributed by atoms with Crippen molar-refractivity contribution in [2.24, 2.45) is 0 Å². The molecule has 0 fully saturated rings. The number of hydrogen-bond acceptors (Lipinski definition) is 2. The lowest BCUT2D eigenvalue weighted by molar-refractivity contribution is 0.454. The van der Waals surface area contributed by atoms with Crippen molar-refractivity contribution < 1.29 is 4.39 Å². The van der Waals surface area contributed by atoms with E-state index in [9.17, 15) is 4.39 Å². The molecular weight excluding hydrogens is 319 g/mol. The van der Waals surface area contributed by atoms with Crippen LogP contribution < -0.4 is 5.32 Å². The van der Waals surface area contributed by atoms with Crippen LogP contribution in [0.3, 0.4) is 0 Å². The molecule has 0 aliphatic heterocycles. The number of likely N-dealkylation sites (N-methyl/N-ethyl adjacent to an activating group) is 1. The van der Waals surface area contributed by atoms with Crippen molar-refractivity contribution >= 4 is 15.9 Å². The first-order valence-corrected chi connectivity index (χ1v) is 7.51. The molecule has 1 aromatic carbocycles. The third-order valence-corrected chi connectivity index (χ3v) is 4.08. The molecule has 2 unspecified atom stereocenters. The first-order valence-electron chi connectivity index (χ1n) is 6.72. The standard InChI is InChI=1S/C16H18BrFN2/c1-3-20-16(11(2)12-7-9-19-10-8-12)13-5-4-6-14(17)15(13)18/h4-11,16,20H,3H2,1-2H3. The van der Waals surface area contributed by atoms with Gasteiger partial charge < -0.3 is 5.32 Å². The third-order valence-electron chi connectivity index (χ3n) is 3.47. The molecule has 0 saturated heterocycles. The maximum absolute atomic E-state index is 14.4. The Balaban J connectivity index is 2.38. The number of hydrogen-bond donors (Lipinski definition) is 1. The highest BCUT2D eigenvalue weighted by Gasteiger charge is 2.23. The van der Waals surface area contributed by atoms with E-state index >= 15 is 0 Å². The molecule has 2 rings (SSSR count). The lowest BCUT2D eigenvalue weighted by atomic mass is 9.88. The van der Waals surface area contributed by atoms with Crippen LogP contribution in [0, 0.1) is 5.82 Å². The second-order valence-corrected chi connectivity index (χ2v) is 5.60. The monoisotopic (exact) mass is 336 g/mol. The summed E-state index contributed by atoms with van der Waals surface area (Å²) in [5.41, 5.74) is 1.83. The van der Waals surface area contributed by atoms with Gasteiger partial charge in [0.05, 0.1) is 4.47 Å². The number of pyridine rings is 1. The Labute approximate surface area is 127 Å². The van der Waals surface area contributed by atoms with E-state index in [2.05, 4.69) is 33.2 Å². The Bertz CT molecular complexity index is 560. The highest BCUT2D eigenvalue weighted by atomic mass is 79.9. The summed E-state index contributed by atoms with van der Waals surface area (Å²) in [6, 6.07) is 9.31. The minimum Gasteiger partial charge on any atom is -0.310 e. The van der Waals surface area contributed by atoms with E-state index in [4.69, 9.17) is 0 Å². The van der Waals surface area contributed by atoms with Crippen molar-refractivity contribution in [1.82, 2.24) is 10.3 Å². The molecule has 0 amide bonds. The predicted octanol–water partition coefficient (Wildman–Crippen LogP) is 4.44. The fourth-order valence-corrected chi connectivity index (χ4v) is 2.78. The van der Waals surface area contributed by atoms with Gasteiger partial charge in [-0.2, -0.15) is 0 Å². The molecule has 20 heavy (non-hydrogen) atoms. The minimum absolute atomic E-state index is 0.0695. The first kappa shape index (κ1) is 15.1. The van der Waals surface area contributed by atoms with Crippen LogP contribution in [-0.2, 0) is 0 Å². The zero-order valence-corrected chi connectivity index (χ0v) is 13.2. The SMILES string of the molecule is CCNC(c1cccc(Br)c1F)C(C)c1ccncc1. The molecular formula is C16H18BrFN2. The zero-order valence-electron chi connectivity index (χ0n) is 11.6. The van der Waals surface area contributed by atoms with Gasteiger partial charge in [0.1, 0.15) is 5.82 Å².